The van der Waals surface area contributed by atoms with Gasteiger partial charge in [-0.25, -0.2) is 18.2 Å². The summed E-state index contributed by atoms with van der Waals surface area (Å²) in [5.41, 5.74) is -3.03. The zero-order chi connectivity index (χ0) is 28.6. The van der Waals surface area contributed by atoms with Crippen molar-refractivity contribution in [3.8, 4) is 5.69 Å². The highest BCUT2D eigenvalue weighted by Crippen LogP contribution is 2.27. The van der Waals surface area contributed by atoms with E-state index in [1.807, 2.05) is 0 Å². The van der Waals surface area contributed by atoms with Crippen LogP contribution in [-0.2, 0) is 9.53 Å². The van der Waals surface area contributed by atoms with Crippen LogP contribution >= 0.6 is 0 Å². The zero-order valence-corrected chi connectivity index (χ0v) is 20.1. The maximum atomic E-state index is 14.8. The molecular weight excluding hydrogens is 538 g/mol. The number of benzene rings is 1. The van der Waals surface area contributed by atoms with Gasteiger partial charge in [-0.15, -0.1) is 13.2 Å². The molecule has 39 heavy (non-hydrogen) atoms. The number of anilines is 1. The van der Waals surface area contributed by atoms with Gasteiger partial charge in [0.2, 0.25) is 11.3 Å². The lowest BCUT2D eigenvalue weighted by molar-refractivity contribution is -0.326. The van der Waals surface area contributed by atoms with Gasteiger partial charge in [0, 0.05) is 18.3 Å². The van der Waals surface area contributed by atoms with Gasteiger partial charge < -0.3 is 10.4 Å². The van der Waals surface area contributed by atoms with E-state index in [2.05, 4.69) is 15.0 Å². The van der Waals surface area contributed by atoms with Crippen LogP contribution in [0.15, 0.2) is 35.3 Å². The summed E-state index contributed by atoms with van der Waals surface area (Å²) >= 11 is 0. The Morgan fingerprint density at radius 1 is 1.21 bits per heavy atom. The zero-order valence-electron chi connectivity index (χ0n) is 20.1. The van der Waals surface area contributed by atoms with Gasteiger partial charge in [0.05, 0.1) is 37.1 Å². The number of hydrogen-bond acceptors (Lipinski definition) is 6. The number of alkyl halides is 3. The molecule has 1 aliphatic heterocycles. The number of amides is 2. The molecule has 3 aromatic rings. The first kappa shape index (κ1) is 28.0. The van der Waals surface area contributed by atoms with E-state index in [0.29, 0.717) is 22.9 Å². The van der Waals surface area contributed by atoms with Crippen molar-refractivity contribution < 1.29 is 45.8 Å². The molecule has 1 saturated heterocycles. The minimum atomic E-state index is -4.97. The molecule has 2 unspecified atom stereocenters. The number of hydrogen-bond donors (Lipinski definition) is 2. The fourth-order valence-electron chi connectivity index (χ4n) is 4.07. The highest BCUT2D eigenvalue weighted by molar-refractivity contribution is 5.99. The van der Waals surface area contributed by atoms with E-state index < -0.39 is 76.7 Å². The molecule has 0 saturated carbocycles. The number of β-amino-alcohol motifs (C(OH)–C–C–N with tert-alkyl or cyclic N) is 1. The van der Waals surface area contributed by atoms with Crippen LogP contribution in [0.1, 0.15) is 30.1 Å². The van der Waals surface area contributed by atoms with Crippen LogP contribution in [0.3, 0.4) is 0 Å². The largest absolute Gasteiger partial charge is 0.522 e. The first-order valence-corrected chi connectivity index (χ1v) is 11.5. The van der Waals surface area contributed by atoms with Crippen molar-refractivity contribution in [1.82, 2.24) is 14.9 Å². The Morgan fingerprint density at radius 2 is 1.87 bits per heavy atom. The SMILES string of the molecule is CCC(COC(F)(F)F)NC(=O)c1cn(-c2c(F)cc(F)cc2F)c2nc(N3CC(O)CC3=O)ccc2c1=O. The molecule has 2 atom stereocenters. The Hall–Kier alpha value is -3.98. The molecule has 4 rings (SSSR count). The lowest BCUT2D eigenvalue weighted by atomic mass is 10.1. The number of carbonyl (C=O) groups is 2. The number of ether oxygens (including phenoxy) is 1. The average molecular weight is 558 g/mol. The second-order valence-electron chi connectivity index (χ2n) is 8.70. The van der Waals surface area contributed by atoms with Crippen molar-refractivity contribution in [2.24, 2.45) is 0 Å². The number of fused-ring (bicyclic) bond motifs is 1. The second kappa shape index (κ2) is 10.6. The maximum absolute atomic E-state index is 14.8. The van der Waals surface area contributed by atoms with Gasteiger partial charge in [-0.2, -0.15) is 0 Å². The maximum Gasteiger partial charge on any atom is 0.522 e. The van der Waals surface area contributed by atoms with Gasteiger partial charge in [0.1, 0.15) is 22.9 Å². The fraction of sp³-hybridized carbons (Fsp3) is 0.333. The Bertz CT molecular complexity index is 1490. The van der Waals surface area contributed by atoms with Crippen LogP contribution < -0.4 is 15.6 Å². The molecule has 2 N–H and O–H groups in total. The molecule has 2 amide bonds. The predicted molar refractivity (Wildman–Crippen MR) is 124 cm³/mol. The number of aliphatic hydroxyl groups excluding tert-OH is 1. The molecule has 15 heteroatoms. The Labute approximate surface area is 215 Å². The van der Waals surface area contributed by atoms with Crippen molar-refractivity contribution in [3.05, 3.63) is 63.7 Å². The van der Waals surface area contributed by atoms with Crippen LogP contribution in [0.25, 0.3) is 16.7 Å². The van der Waals surface area contributed by atoms with Crippen molar-refractivity contribution in [2.45, 2.75) is 38.3 Å². The Balaban J connectivity index is 1.87. The normalized spacial score (nSPS) is 16.7. The van der Waals surface area contributed by atoms with Gasteiger partial charge in [-0.3, -0.25) is 28.6 Å². The Kier molecular flexibility index (Phi) is 7.66. The quantitative estimate of drug-likeness (QED) is 0.432. The fourth-order valence-corrected chi connectivity index (χ4v) is 4.07. The molecule has 0 spiro atoms. The third-order valence-corrected chi connectivity index (χ3v) is 5.96. The number of carbonyl (C=O) groups excluding carboxylic acids is 2. The minimum absolute atomic E-state index is 0.0224. The molecule has 0 radical (unpaired) electrons. The molecular formula is C24H20F6N4O5. The van der Waals surface area contributed by atoms with E-state index in [-0.39, 0.29) is 30.6 Å². The van der Waals surface area contributed by atoms with Gasteiger partial charge in [0.15, 0.2) is 17.3 Å². The molecule has 208 valence electrons. The standard InChI is InChI=1S/C24H20F6N4O5/c1-2-12(10-39-24(28,29)30)31-23(38)15-9-34(20-16(26)5-11(25)6-17(20)27)22-14(21(15)37)3-4-18(32-22)33-8-13(35)7-19(33)36/h3-6,9,12-13,35H,2,7-8,10H2,1H3,(H,31,38). The summed E-state index contributed by atoms with van der Waals surface area (Å²) in [5, 5.41) is 11.7. The van der Waals surface area contributed by atoms with Crippen LogP contribution in [0.2, 0.25) is 0 Å². The van der Waals surface area contributed by atoms with E-state index in [0.717, 1.165) is 11.0 Å². The van der Waals surface area contributed by atoms with Crippen molar-refractivity contribution >= 4 is 28.7 Å². The number of pyridine rings is 2. The monoisotopic (exact) mass is 558 g/mol. The summed E-state index contributed by atoms with van der Waals surface area (Å²) in [7, 11) is 0. The van der Waals surface area contributed by atoms with Crippen LogP contribution in [0, 0.1) is 17.5 Å². The van der Waals surface area contributed by atoms with E-state index in [1.165, 1.54) is 13.0 Å². The first-order chi connectivity index (χ1) is 18.3. The van der Waals surface area contributed by atoms with Crippen molar-refractivity contribution in [1.29, 1.82) is 0 Å². The molecule has 2 aromatic heterocycles. The minimum Gasteiger partial charge on any atom is -0.391 e. The molecule has 1 aromatic carbocycles. The van der Waals surface area contributed by atoms with Crippen molar-refractivity contribution in [2.75, 3.05) is 18.1 Å². The predicted octanol–water partition coefficient (Wildman–Crippen LogP) is 2.95. The van der Waals surface area contributed by atoms with Gasteiger partial charge in [-0.05, 0) is 18.6 Å². The third kappa shape index (κ3) is 5.88. The molecule has 1 fully saturated rings. The molecule has 1 aliphatic rings. The highest BCUT2D eigenvalue weighted by Gasteiger charge is 2.32. The summed E-state index contributed by atoms with van der Waals surface area (Å²) in [4.78, 5) is 43.7. The van der Waals surface area contributed by atoms with E-state index in [4.69, 9.17) is 0 Å². The lowest BCUT2D eigenvalue weighted by Gasteiger charge is -2.20. The Morgan fingerprint density at radius 3 is 2.44 bits per heavy atom. The van der Waals surface area contributed by atoms with Gasteiger partial charge in [0.25, 0.3) is 5.91 Å². The third-order valence-electron chi connectivity index (χ3n) is 5.96. The van der Waals surface area contributed by atoms with Gasteiger partial charge >= 0.3 is 6.36 Å². The first-order valence-electron chi connectivity index (χ1n) is 11.5. The number of aromatic nitrogens is 2. The summed E-state index contributed by atoms with van der Waals surface area (Å²) in [6.07, 6.45) is -5.48. The number of rotatable bonds is 7. The molecule has 0 aliphatic carbocycles. The number of aliphatic hydroxyl groups is 1. The summed E-state index contributed by atoms with van der Waals surface area (Å²) < 4.78 is 85.0. The second-order valence-corrected chi connectivity index (χ2v) is 8.70. The molecule has 0 bridgehead atoms. The lowest BCUT2D eigenvalue weighted by Crippen LogP contribution is -2.41. The van der Waals surface area contributed by atoms with Gasteiger partial charge in [-0.1, -0.05) is 6.92 Å². The van der Waals surface area contributed by atoms with Crippen molar-refractivity contribution in [3.63, 3.8) is 0 Å². The topological polar surface area (TPSA) is 114 Å². The van der Waals surface area contributed by atoms with Crippen LogP contribution in [0.4, 0.5) is 32.2 Å². The molecule has 9 nitrogen and oxygen atoms in total. The average Bonchev–Trinajstić information content (AvgIpc) is 3.19. The smallest absolute Gasteiger partial charge is 0.391 e. The molecule has 3 heterocycles. The summed E-state index contributed by atoms with van der Waals surface area (Å²) in [5.74, 6) is -5.85. The number of halogens is 6. The van der Waals surface area contributed by atoms with E-state index in [1.54, 1.807) is 0 Å². The van der Waals surface area contributed by atoms with Crippen LogP contribution in [-0.4, -0.2) is 58.1 Å². The van der Waals surface area contributed by atoms with Crippen LogP contribution in [0.5, 0.6) is 0 Å². The highest BCUT2D eigenvalue weighted by atomic mass is 19.4. The summed E-state index contributed by atoms with van der Waals surface area (Å²) in [6.45, 7) is 0.351. The van der Waals surface area contributed by atoms with E-state index in [9.17, 15) is 45.8 Å². The van der Waals surface area contributed by atoms with E-state index >= 15 is 0 Å². The number of nitrogens with zero attached hydrogens (tertiary/aromatic N) is 3. The summed E-state index contributed by atoms with van der Waals surface area (Å²) in [6, 6.07) is 1.88. The number of nitrogens with one attached hydrogen (secondary N) is 1.